The summed E-state index contributed by atoms with van der Waals surface area (Å²) in [5, 5.41) is 9.95. The second-order valence-electron chi connectivity index (χ2n) is 4.94. The van der Waals surface area contributed by atoms with Gasteiger partial charge in [-0.25, -0.2) is 0 Å². The Bertz CT molecular complexity index is 227. The molecule has 0 radical (unpaired) electrons. The van der Waals surface area contributed by atoms with E-state index in [4.69, 9.17) is 0 Å². The summed E-state index contributed by atoms with van der Waals surface area (Å²) in [4.78, 5) is 2.55. The van der Waals surface area contributed by atoms with Crippen LogP contribution in [0.3, 0.4) is 0 Å². The fourth-order valence-corrected chi connectivity index (χ4v) is 3.22. The molecule has 2 rings (SSSR count). The molecular formula is C13H23NO. The molecule has 0 amide bonds. The SMILES string of the molecule is C/C=C/CN1CCCC1C1CCCC1O. The standard InChI is InChI=1S/C13H23NO/c1-2-3-9-14-10-5-7-12(14)11-6-4-8-13(11)15/h2-3,11-13,15H,4-10H2,1H3/b3-2+. The maximum Gasteiger partial charge on any atom is 0.0583 e. The smallest absolute Gasteiger partial charge is 0.0583 e. The van der Waals surface area contributed by atoms with Crippen molar-refractivity contribution in [2.75, 3.05) is 13.1 Å². The Kier molecular flexibility index (Phi) is 3.81. The van der Waals surface area contributed by atoms with Gasteiger partial charge < -0.3 is 5.11 Å². The fraction of sp³-hybridized carbons (Fsp3) is 0.846. The highest BCUT2D eigenvalue weighted by Gasteiger charge is 2.37. The number of rotatable bonds is 3. The van der Waals surface area contributed by atoms with Gasteiger partial charge in [-0.1, -0.05) is 18.6 Å². The van der Waals surface area contributed by atoms with Gasteiger partial charge in [0.2, 0.25) is 0 Å². The van der Waals surface area contributed by atoms with Gasteiger partial charge in [-0.05, 0) is 39.2 Å². The molecule has 0 aromatic carbocycles. The molecule has 1 heterocycles. The molecule has 1 aliphatic carbocycles. The van der Waals surface area contributed by atoms with Gasteiger partial charge in [0, 0.05) is 18.5 Å². The van der Waals surface area contributed by atoms with Crippen molar-refractivity contribution in [3.05, 3.63) is 12.2 Å². The first kappa shape index (κ1) is 11.2. The van der Waals surface area contributed by atoms with Gasteiger partial charge in [0.05, 0.1) is 6.10 Å². The highest BCUT2D eigenvalue weighted by Crippen LogP contribution is 2.35. The molecule has 15 heavy (non-hydrogen) atoms. The van der Waals surface area contributed by atoms with Crippen LogP contribution in [-0.4, -0.2) is 35.2 Å². The number of aliphatic hydroxyl groups is 1. The normalized spacial score (nSPS) is 38.1. The molecule has 1 aliphatic heterocycles. The molecule has 0 spiro atoms. The molecule has 2 fully saturated rings. The van der Waals surface area contributed by atoms with Crippen LogP contribution in [0.2, 0.25) is 0 Å². The molecular weight excluding hydrogens is 186 g/mol. The van der Waals surface area contributed by atoms with Gasteiger partial charge in [-0.3, -0.25) is 4.90 Å². The van der Waals surface area contributed by atoms with Crippen molar-refractivity contribution >= 4 is 0 Å². The highest BCUT2D eigenvalue weighted by molar-refractivity contribution is 4.94. The van der Waals surface area contributed by atoms with E-state index in [2.05, 4.69) is 24.0 Å². The maximum absolute atomic E-state index is 9.95. The molecule has 0 aromatic rings. The van der Waals surface area contributed by atoms with Gasteiger partial charge >= 0.3 is 0 Å². The van der Waals surface area contributed by atoms with Crippen LogP contribution in [0, 0.1) is 5.92 Å². The van der Waals surface area contributed by atoms with Gasteiger partial charge in [0.15, 0.2) is 0 Å². The van der Waals surface area contributed by atoms with Crippen LogP contribution in [0.15, 0.2) is 12.2 Å². The number of nitrogens with zero attached hydrogens (tertiary/aromatic N) is 1. The van der Waals surface area contributed by atoms with E-state index in [0.717, 1.165) is 13.0 Å². The van der Waals surface area contributed by atoms with Crippen LogP contribution < -0.4 is 0 Å². The predicted molar refractivity (Wildman–Crippen MR) is 62.8 cm³/mol. The molecule has 1 saturated heterocycles. The van der Waals surface area contributed by atoms with Gasteiger partial charge in [0.25, 0.3) is 0 Å². The Morgan fingerprint density at radius 1 is 1.27 bits per heavy atom. The van der Waals surface area contributed by atoms with Crippen molar-refractivity contribution in [3.63, 3.8) is 0 Å². The van der Waals surface area contributed by atoms with E-state index in [1.54, 1.807) is 0 Å². The van der Waals surface area contributed by atoms with E-state index in [9.17, 15) is 5.11 Å². The molecule has 0 aromatic heterocycles. The minimum absolute atomic E-state index is 0.0267. The zero-order chi connectivity index (χ0) is 10.7. The van der Waals surface area contributed by atoms with Crippen molar-refractivity contribution in [1.29, 1.82) is 0 Å². The van der Waals surface area contributed by atoms with E-state index in [1.165, 1.54) is 32.2 Å². The number of likely N-dealkylation sites (tertiary alicyclic amines) is 1. The molecule has 2 heteroatoms. The lowest BCUT2D eigenvalue weighted by Gasteiger charge is -2.30. The topological polar surface area (TPSA) is 23.5 Å². The Hall–Kier alpha value is -0.340. The highest BCUT2D eigenvalue weighted by atomic mass is 16.3. The lowest BCUT2D eigenvalue weighted by molar-refractivity contribution is 0.0789. The van der Waals surface area contributed by atoms with Gasteiger partial charge in [-0.15, -0.1) is 0 Å². The van der Waals surface area contributed by atoms with Crippen molar-refractivity contribution in [2.24, 2.45) is 5.92 Å². The molecule has 1 N–H and O–H groups in total. The number of aliphatic hydroxyl groups excluding tert-OH is 1. The van der Waals surface area contributed by atoms with Crippen molar-refractivity contribution < 1.29 is 5.11 Å². The average molecular weight is 209 g/mol. The lowest BCUT2D eigenvalue weighted by Crippen LogP contribution is -2.38. The average Bonchev–Trinajstić information content (AvgIpc) is 2.82. The second-order valence-corrected chi connectivity index (χ2v) is 4.94. The van der Waals surface area contributed by atoms with E-state index < -0.39 is 0 Å². The third kappa shape index (κ3) is 2.43. The first-order valence-electron chi connectivity index (χ1n) is 6.36. The molecule has 2 aliphatic rings. The maximum atomic E-state index is 9.95. The van der Waals surface area contributed by atoms with E-state index >= 15 is 0 Å². The quantitative estimate of drug-likeness (QED) is 0.720. The third-order valence-corrected chi connectivity index (χ3v) is 4.02. The van der Waals surface area contributed by atoms with Crippen LogP contribution in [0.4, 0.5) is 0 Å². The summed E-state index contributed by atoms with van der Waals surface area (Å²) < 4.78 is 0. The number of allylic oxidation sites excluding steroid dienone is 1. The van der Waals surface area contributed by atoms with Crippen LogP contribution in [-0.2, 0) is 0 Å². The summed E-state index contributed by atoms with van der Waals surface area (Å²) in [7, 11) is 0. The van der Waals surface area contributed by atoms with Crippen molar-refractivity contribution in [2.45, 2.75) is 51.2 Å². The summed E-state index contributed by atoms with van der Waals surface area (Å²) in [6, 6.07) is 0.652. The molecule has 3 atom stereocenters. The van der Waals surface area contributed by atoms with Crippen molar-refractivity contribution in [3.8, 4) is 0 Å². The summed E-state index contributed by atoms with van der Waals surface area (Å²) in [6.07, 6.45) is 10.4. The zero-order valence-corrected chi connectivity index (χ0v) is 9.73. The Morgan fingerprint density at radius 2 is 2.13 bits per heavy atom. The van der Waals surface area contributed by atoms with Gasteiger partial charge in [-0.2, -0.15) is 0 Å². The van der Waals surface area contributed by atoms with Crippen LogP contribution in [0.25, 0.3) is 0 Å². The second kappa shape index (κ2) is 5.13. The number of hydrogen-bond acceptors (Lipinski definition) is 2. The molecule has 3 unspecified atom stereocenters. The summed E-state index contributed by atoms with van der Waals surface area (Å²) in [5.74, 6) is 0.553. The monoisotopic (exact) mass is 209 g/mol. The largest absolute Gasteiger partial charge is 0.393 e. The van der Waals surface area contributed by atoms with Crippen molar-refractivity contribution in [1.82, 2.24) is 4.90 Å². The summed E-state index contributed by atoms with van der Waals surface area (Å²) in [5.41, 5.74) is 0. The third-order valence-electron chi connectivity index (χ3n) is 4.02. The van der Waals surface area contributed by atoms with E-state index in [0.29, 0.717) is 12.0 Å². The fourth-order valence-electron chi connectivity index (χ4n) is 3.22. The first-order valence-corrected chi connectivity index (χ1v) is 6.36. The zero-order valence-electron chi connectivity index (χ0n) is 9.73. The summed E-state index contributed by atoms with van der Waals surface area (Å²) in [6.45, 7) is 4.37. The van der Waals surface area contributed by atoms with Crippen LogP contribution in [0.1, 0.15) is 39.0 Å². The minimum Gasteiger partial charge on any atom is -0.393 e. The Labute approximate surface area is 93.0 Å². The number of hydrogen-bond donors (Lipinski definition) is 1. The molecule has 2 nitrogen and oxygen atoms in total. The lowest BCUT2D eigenvalue weighted by atomic mass is 9.94. The Morgan fingerprint density at radius 3 is 2.80 bits per heavy atom. The molecule has 0 bridgehead atoms. The van der Waals surface area contributed by atoms with Crippen LogP contribution >= 0.6 is 0 Å². The summed E-state index contributed by atoms with van der Waals surface area (Å²) >= 11 is 0. The van der Waals surface area contributed by atoms with E-state index in [1.807, 2.05) is 0 Å². The molecule has 1 saturated carbocycles. The predicted octanol–water partition coefficient (Wildman–Crippen LogP) is 2.19. The Balaban J connectivity index is 1.94. The first-order chi connectivity index (χ1) is 7.33. The van der Waals surface area contributed by atoms with E-state index in [-0.39, 0.29) is 6.10 Å². The minimum atomic E-state index is -0.0267. The van der Waals surface area contributed by atoms with Crippen LogP contribution in [0.5, 0.6) is 0 Å². The molecule has 86 valence electrons. The van der Waals surface area contributed by atoms with Gasteiger partial charge in [0.1, 0.15) is 0 Å².